The molecule has 26 heavy (non-hydrogen) atoms. The van der Waals surface area contributed by atoms with Crippen molar-refractivity contribution in [3.63, 3.8) is 0 Å². The Morgan fingerprint density at radius 2 is 1.88 bits per heavy atom. The van der Waals surface area contributed by atoms with E-state index in [1.165, 1.54) is 17.0 Å². The number of nitrogens with zero attached hydrogens (tertiary/aromatic N) is 1. The fourth-order valence-electron chi connectivity index (χ4n) is 2.42. The van der Waals surface area contributed by atoms with Gasteiger partial charge in [0, 0.05) is 19.2 Å². The molecule has 2 rings (SSSR count). The second kappa shape index (κ2) is 9.56. The highest BCUT2D eigenvalue weighted by Gasteiger charge is 2.18. The van der Waals surface area contributed by atoms with Crippen LogP contribution >= 0.6 is 0 Å². The largest absolute Gasteiger partial charge is 0.489 e. The van der Waals surface area contributed by atoms with E-state index in [4.69, 9.17) is 4.74 Å². The third-order valence-corrected chi connectivity index (χ3v) is 3.79. The lowest BCUT2D eigenvalue weighted by atomic mass is 10.1. The van der Waals surface area contributed by atoms with Crippen LogP contribution in [0.15, 0.2) is 48.5 Å². The molecular weight excluding hydrogens is 335 g/mol. The Labute approximate surface area is 152 Å². The van der Waals surface area contributed by atoms with E-state index in [2.05, 4.69) is 5.32 Å². The molecule has 0 radical (unpaired) electrons. The minimum Gasteiger partial charge on any atom is -0.489 e. The summed E-state index contributed by atoms with van der Waals surface area (Å²) in [5, 5.41) is 2.53. The standard InChI is InChI=1S/C20H23FN2O3/c1-3-11-23(13-19(24)22-2)20(25)16-5-4-6-18(12-16)26-14-15-7-9-17(21)10-8-15/h4-10,12H,3,11,13-14H2,1-2H3,(H,22,24). The summed E-state index contributed by atoms with van der Waals surface area (Å²) in [4.78, 5) is 25.8. The maximum absolute atomic E-state index is 12.9. The number of likely N-dealkylation sites (N-methyl/N-ethyl adjacent to an activating group) is 1. The average molecular weight is 358 g/mol. The number of hydrogen-bond donors (Lipinski definition) is 1. The van der Waals surface area contributed by atoms with Crippen molar-refractivity contribution in [2.24, 2.45) is 0 Å². The SMILES string of the molecule is CCCN(CC(=O)NC)C(=O)c1cccc(OCc2ccc(F)cc2)c1. The lowest BCUT2D eigenvalue weighted by Crippen LogP contribution is -2.40. The Kier molecular flexibility index (Phi) is 7.14. The lowest BCUT2D eigenvalue weighted by Gasteiger charge is -2.21. The molecule has 0 saturated carbocycles. The lowest BCUT2D eigenvalue weighted by molar-refractivity contribution is -0.121. The van der Waals surface area contributed by atoms with Crippen LogP contribution in [0.3, 0.4) is 0 Å². The monoisotopic (exact) mass is 358 g/mol. The number of amides is 2. The van der Waals surface area contributed by atoms with Gasteiger partial charge in [-0.15, -0.1) is 0 Å². The average Bonchev–Trinajstić information content (AvgIpc) is 2.66. The van der Waals surface area contributed by atoms with Gasteiger partial charge in [0.2, 0.25) is 5.91 Å². The van der Waals surface area contributed by atoms with Gasteiger partial charge in [0.25, 0.3) is 5.91 Å². The summed E-state index contributed by atoms with van der Waals surface area (Å²) in [6.45, 7) is 2.73. The molecule has 5 nitrogen and oxygen atoms in total. The summed E-state index contributed by atoms with van der Waals surface area (Å²) < 4.78 is 18.6. The fraction of sp³-hybridized carbons (Fsp3) is 0.300. The molecule has 2 aromatic rings. The molecule has 0 heterocycles. The van der Waals surface area contributed by atoms with Gasteiger partial charge >= 0.3 is 0 Å². The topological polar surface area (TPSA) is 58.6 Å². The van der Waals surface area contributed by atoms with Crippen molar-refractivity contribution in [2.45, 2.75) is 20.0 Å². The van der Waals surface area contributed by atoms with Crippen LogP contribution in [0.25, 0.3) is 0 Å². The van der Waals surface area contributed by atoms with Gasteiger partial charge < -0.3 is 15.0 Å². The third-order valence-electron chi connectivity index (χ3n) is 3.79. The first-order valence-electron chi connectivity index (χ1n) is 8.50. The van der Waals surface area contributed by atoms with Gasteiger partial charge in [0.15, 0.2) is 0 Å². The molecule has 0 aliphatic rings. The molecule has 2 aromatic carbocycles. The van der Waals surface area contributed by atoms with E-state index in [-0.39, 0.29) is 30.8 Å². The number of ether oxygens (including phenoxy) is 1. The fourth-order valence-corrected chi connectivity index (χ4v) is 2.42. The molecule has 2 amide bonds. The van der Waals surface area contributed by atoms with Gasteiger partial charge in [0.1, 0.15) is 18.2 Å². The van der Waals surface area contributed by atoms with Crippen molar-refractivity contribution in [2.75, 3.05) is 20.1 Å². The van der Waals surface area contributed by atoms with Crippen LogP contribution < -0.4 is 10.1 Å². The molecule has 0 spiro atoms. The first-order valence-corrected chi connectivity index (χ1v) is 8.50. The molecular formula is C20H23FN2O3. The first kappa shape index (κ1) is 19.4. The highest BCUT2D eigenvalue weighted by Crippen LogP contribution is 2.17. The van der Waals surface area contributed by atoms with Gasteiger partial charge in [-0.2, -0.15) is 0 Å². The van der Waals surface area contributed by atoms with Crippen molar-refractivity contribution in [1.82, 2.24) is 10.2 Å². The minimum absolute atomic E-state index is 0.0177. The summed E-state index contributed by atoms with van der Waals surface area (Å²) in [5.74, 6) is -0.191. The zero-order valence-corrected chi connectivity index (χ0v) is 15.0. The van der Waals surface area contributed by atoms with E-state index in [1.54, 1.807) is 43.4 Å². The van der Waals surface area contributed by atoms with Crippen molar-refractivity contribution in [3.05, 3.63) is 65.5 Å². The molecule has 0 fully saturated rings. The number of carbonyl (C=O) groups excluding carboxylic acids is 2. The van der Waals surface area contributed by atoms with Crippen LogP contribution in [0.4, 0.5) is 4.39 Å². The first-order chi connectivity index (χ1) is 12.5. The van der Waals surface area contributed by atoms with Crippen molar-refractivity contribution >= 4 is 11.8 Å². The van der Waals surface area contributed by atoms with E-state index in [0.717, 1.165) is 12.0 Å². The predicted molar refractivity (Wildman–Crippen MR) is 97.4 cm³/mol. The second-order valence-corrected chi connectivity index (χ2v) is 5.84. The molecule has 0 saturated heterocycles. The van der Waals surface area contributed by atoms with Crippen molar-refractivity contribution in [1.29, 1.82) is 0 Å². The van der Waals surface area contributed by atoms with E-state index < -0.39 is 0 Å². The normalized spacial score (nSPS) is 10.3. The van der Waals surface area contributed by atoms with Crippen molar-refractivity contribution < 1.29 is 18.7 Å². The molecule has 0 aliphatic heterocycles. The maximum atomic E-state index is 12.9. The second-order valence-electron chi connectivity index (χ2n) is 5.84. The van der Waals surface area contributed by atoms with Crippen LogP contribution in [0.5, 0.6) is 5.75 Å². The smallest absolute Gasteiger partial charge is 0.254 e. The summed E-state index contributed by atoms with van der Waals surface area (Å²) in [6.07, 6.45) is 0.753. The highest BCUT2D eigenvalue weighted by atomic mass is 19.1. The number of rotatable bonds is 8. The predicted octanol–water partition coefficient (Wildman–Crippen LogP) is 3.00. The Morgan fingerprint density at radius 1 is 1.15 bits per heavy atom. The molecule has 0 unspecified atom stereocenters. The zero-order chi connectivity index (χ0) is 18.9. The van der Waals surface area contributed by atoms with E-state index in [1.807, 2.05) is 6.92 Å². The zero-order valence-electron chi connectivity index (χ0n) is 15.0. The summed E-state index contributed by atoms with van der Waals surface area (Å²) in [7, 11) is 1.54. The molecule has 0 aliphatic carbocycles. The molecule has 1 N–H and O–H groups in total. The third kappa shape index (κ3) is 5.58. The summed E-state index contributed by atoms with van der Waals surface area (Å²) in [6, 6.07) is 12.9. The molecule has 0 atom stereocenters. The van der Waals surface area contributed by atoms with E-state index in [0.29, 0.717) is 17.9 Å². The molecule has 138 valence electrons. The number of halogens is 1. The molecule has 6 heteroatoms. The van der Waals surface area contributed by atoms with Crippen LogP contribution in [0, 0.1) is 5.82 Å². The Hall–Kier alpha value is -2.89. The van der Waals surface area contributed by atoms with Gasteiger partial charge in [0.05, 0.1) is 6.54 Å². The van der Waals surface area contributed by atoms with Crippen LogP contribution in [-0.2, 0) is 11.4 Å². The quantitative estimate of drug-likeness (QED) is 0.789. The Morgan fingerprint density at radius 3 is 2.54 bits per heavy atom. The molecule has 0 aromatic heterocycles. The highest BCUT2D eigenvalue weighted by molar-refractivity contribution is 5.96. The number of benzene rings is 2. The van der Waals surface area contributed by atoms with Gasteiger partial charge in [-0.25, -0.2) is 4.39 Å². The van der Waals surface area contributed by atoms with Crippen molar-refractivity contribution in [3.8, 4) is 5.75 Å². The summed E-state index contributed by atoms with van der Waals surface area (Å²) in [5.41, 5.74) is 1.29. The van der Waals surface area contributed by atoms with Crippen LogP contribution in [0.2, 0.25) is 0 Å². The van der Waals surface area contributed by atoms with Gasteiger partial charge in [-0.1, -0.05) is 25.1 Å². The molecule has 0 bridgehead atoms. The summed E-state index contributed by atoms with van der Waals surface area (Å²) >= 11 is 0. The Balaban J connectivity index is 2.07. The number of nitrogens with one attached hydrogen (secondary N) is 1. The van der Waals surface area contributed by atoms with Gasteiger partial charge in [-0.05, 0) is 42.3 Å². The minimum atomic E-state index is -0.298. The number of carbonyl (C=O) groups is 2. The van der Waals surface area contributed by atoms with Gasteiger partial charge in [-0.3, -0.25) is 9.59 Å². The van der Waals surface area contributed by atoms with Crippen LogP contribution in [0.1, 0.15) is 29.3 Å². The number of hydrogen-bond acceptors (Lipinski definition) is 3. The maximum Gasteiger partial charge on any atom is 0.254 e. The Bertz CT molecular complexity index is 747. The van der Waals surface area contributed by atoms with E-state index in [9.17, 15) is 14.0 Å². The van der Waals surface area contributed by atoms with Crippen LogP contribution in [-0.4, -0.2) is 36.9 Å². The van der Waals surface area contributed by atoms with E-state index >= 15 is 0 Å².